The van der Waals surface area contributed by atoms with Gasteiger partial charge in [-0.1, -0.05) is 0 Å². The van der Waals surface area contributed by atoms with Crippen LogP contribution < -0.4 is 5.32 Å². The fourth-order valence-corrected chi connectivity index (χ4v) is 1.55. The molecule has 0 atom stereocenters. The van der Waals surface area contributed by atoms with Gasteiger partial charge in [0, 0.05) is 34.0 Å². The fraction of sp³-hybridized carbons (Fsp3) is 0.875. The lowest BCUT2D eigenvalue weighted by atomic mass is 10.1. The van der Waals surface area contributed by atoms with E-state index in [9.17, 15) is 0 Å². The van der Waals surface area contributed by atoms with Crippen molar-refractivity contribution >= 4 is 36.7 Å². The van der Waals surface area contributed by atoms with E-state index in [-0.39, 0.29) is 9.49 Å². The second-order valence-electron chi connectivity index (χ2n) is 6.51. The van der Waals surface area contributed by atoms with Gasteiger partial charge in [-0.2, -0.15) is 25.3 Å². The van der Waals surface area contributed by atoms with Crippen LogP contribution in [0.1, 0.15) is 54.4 Å². The van der Waals surface area contributed by atoms with Gasteiger partial charge in [0.05, 0.1) is 0 Å². The summed E-state index contributed by atoms with van der Waals surface area (Å²) in [5.41, 5.74) is 2.20. The zero-order valence-corrected chi connectivity index (χ0v) is 16.3. The van der Waals surface area contributed by atoms with E-state index in [0.29, 0.717) is 0 Å². The summed E-state index contributed by atoms with van der Waals surface area (Å²) >= 11 is 9.01. The maximum Gasteiger partial charge on any atom is 0.0447 e. The summed E-state index contributed by atoms with van der Waals surface area (Å²) in [5.74, 6) is 0. The van der Waals surface area contributed by atoms with Gasteiger partial charge in [-0.15, -0.1) is 0 Å². The number of aliphatic imine (C=N–C) groups is 2. The Morgan fingerprint density at radius 3 is 1.43 bits per heavy atom. The van der Waals surface area contributed by atoms with Crippen molar-refractivity contribution in [2.75, 3.05) is 26.2 Å². The maximum absolute atomic E-state index is 4.55. The maximum atomic E-state index is 4.55. The lowest BCUT2D eigenvalue weighted by Crippen LogP contribution is -2.23. The Labute approximate surface area is 142 Å². The molecule has 0 bridgehead atoms. The molecule has 0 saturated carbocycles. The van der Waals surface area contributed by atoms with Crippen LogP contribution in [-0.2, 0) is 0 Å². The highest BCUT2D eigenvalue weighted by Crippen LogP contribution is 2.14. The van der Waals surface area contributed by atoms with Crippen LogP contribution in [0.5, 0.6) is 0 Å². The molecule has 0 aliphatic carbocycles. The minimum atomic E-state index is -0.107. The summed E-state index contributed by atoms with van der Waals surface area (Å²) in [4.78, 5) is 9.10. The summed E-state index contributed by atoms with van der Waals surface area (Å²) in [6, 6.07) is 0. The van der Waals surface area contributed by atoms with E-state index < -0.39 is 0 Å². The highest BCUT2D eigenvalue weighted by atomic mass is 32.1. The number of nitrogens with one attached hydrogen (secondary N) is 1. The number of thiol groups is 2. The van der Waals surface area contributed by atoms with E-state index in [0.717, 1.165) is 50.4 Å². The molecule has 0 heterocycles. The molecule has 0 rings (SSSR count). The minimum Gasteiger partial charge on any atom is -0.317 e. The van der Waals surface area contributed by atoms with E-state index in [4.69, 9.17) is 0 Å². The Morgan fingerprint density at radius 1 is 0.810 bits per heavy atom. The predicted molar refractivity (Wildman–Crippen MR) is 104 cm³/mol. The van der Waals surface area contributed by atoms with Crippen LogP contribution in [0.3, 0.4) is 0 Å². The van der Waals surface area contributed by atoms with Crippen molar-refractivity contribution in [3.05, 3.63) is 0 Å². The van der Waals surface area contributed by atoms with Crippen molar-refractivity contribution in [1.82, 2.24) is 5.32 Å². The largest absolute Gasteiger partial charge is 0.317 e. The van der Waals surface area contributed by atoms with Crippen molar-refractivity contribution in [3.63, 3.8) is 0 Å². The summed E-state index contributed by atoms with van der Waals surface area (Å²) < 4.78 is -0.214. The quantitative estimate of drug-likeness (QED) is 0.319. The predicted octanol–water partition coefficient (Wildman–Crippen LogP) is 3.69. The minimum absolute atomic E-state index is 0.107. The Hall–Kier alpha value is -0.000000000000000111. The zero-order chi connectivity index (χ0) is 16.5. The van der Waals surface area contributed by atoms with Gasteiger partial charge in [0.25, 0.3) is 0 Å². The molecular formula is C16H33N3S2. The van der Waals surface area contributed by atoms with Crippen molar-refractivity contribution in [1.29, 1.82) is 0 Å². The van der Waals surface area contributed by atoms with E-state index in [1.54, 1.807) is 0 Å². The molecule has 0 aliphatic rings. The molecule has 0 aromatic rings. The highest BCUT2D eigenvalue weighted by molar-refractivity contribution is 7.82. The molecule has 1 N–H and O–H groups in total. The lowest BCUT2D eigenvalue weighted by Gasteiger charge is -2.17. The number of nitrogens with zero attached hydrogens (tertiary/aromatic N) is 2. The van der Waals surface area contributed by atoms with E-state index in [2.05, 4.69) is 68.3 Å². The molecule has 0 aromatic carbocycles. The van der Waals surface area contributed by atoms with Gasteiger partial charge in [-0.3, -0.25) is 9.98 Å². The van der Waals surface area contributed by atoms with Gasteiger partial charge in [0.15, 0.2) is 0 Å². The van der Waals surface area contributed by atoms with Gasteiger partial charge < -0.3 is 5.32 Å². The van der Waals surface area contributed by atoms with E-state index in [1.165, 1.54) is 0 Å². The van der Waals surface area contributed by atoms with Crippen LogP contribution in [0.2, 0.25) is 0 Å². The van der Waals surface area contributed by atoms with Gasteiger partial charge in [0.1, 0.15) is 0 Å². The molecule has 0 amide bonds. The smallest absolute Gasteiger partial charge is 0.0447 e. The van der Waals surface area contributed by atoms with E-state index >= 15 is 0 Å². The highest BCUT2D eigenvalue weighted by Gasteiger charge is 2.15. The van der Waals surface area contributed by atoms with Crippen LogP contribution in [0.15, 0.2) is 9.98 Å². The summed E-state index contributed by atoms with van der Waals surface area (Å²) in [7, 11) is 0. The van der Waals surface area contributed by atoms with Crippen LogP contribution in [0, 0.1) is 0 Å². The molecule has 0 fully saturated rings. The number of hydrogen-bond donors (Lipinski definition) is 3. The third kappa shape index (κ3) is 11.2. The first-order valence-corrected chi connectivity index (χ1v) is 8.63. The molecule has 0 spiro atoms. The normalized spacial score (nSPS) is 14.7. The summed E-state index contributed by atoms with van der Waals surface area (Å²) in [6.07, 6.45) is 2.13. The van der Waals surface area contributed by atoms with Crippen LogP contribution in [0.25, 0.3) is 0 Å². The topological polar surface area (TPSA) is 36.8 Å². The standard InChI is InChI=1S/C16H33N3S2/c1-13(15(3,4)20)18-11-7-9-17-10-8-12-19-14(2)16(5,6)21/h17,20-21H,7-12H2,1-6H3. The molecule has 124 valence electrons. The monoisotopic (exact) mass is 331 g/mol. The van der Waals surface area contributed by atoms with Gasteiger partial charge in [0.2, 0.25) is 0 Å². The molecule has 3 nitrogen and oxygen atoms in total. The molecular weight excluding hydrogens is 298 g/mol. The SMILES string of the molecule is CC(=NCCCNCCCN=C(C)C(C)(C)S)C(C)(C)S. The Balaban J connectivity index is 3.63. The third-order valence-electron chi connectivity index (χ3n) is 3.49. The first-order chi connectivity index (χ1) is 9.55. The fourth-order valence-electron chi connectivity index (χ4n) is 1.41. The first kappa shape index (κ1) is 21.0. The van der Waals surface area contributed by atoms with Crippen LogP contribution in [0.4, 0.5) is 0 Å². The van der Waals surface area contributed by atoms with Crippen LogP contribution in [-0.4, -0.2) is 47.1 Å². The van der Waals surface area contributed by atoms with Crippen molar-refractivity contribution in [2.24, 2.45) is 9.98 Å². The molecule has 0 radical (unpaired) electrons. The second kappa shape index (κ2) is 9.90. The van der Waals surface area contributed by atoms with Crippen molar-refractivity contribution in [3.8, 4) is 0 Å². The average Bonchev–Trinajstić information content (AvgIpc) is 2.33. The molecule has 21 heavy (non-hydrogen) atoms. The molecule has 0 saturated heterocycles. The van der Waals surface area contributed by atoms with Gasteiger partial charge >= 0.3 is 0 Å². The Bertz CT molecular complexity index is 316. The molecule has 0 aromatic heterocycles. The zero-order valence-electron chi connectivity index (χ0n) is 14.5. The molecule has 0 unspecified atom stereocenters. The number of rotatable bonds is 10. The average molecular weight is 332 g/mol. The first-order valence-electron chi connectivity index (χ1n) is 7.73. The second-order valence-corrected chi connectivity index (χ2v) is 8.75. The van der Waals surface area contributed by atoms with E-state index in [1.807, 2.05) is 13.8 Å². The third-order valence-corrected chi connectivity index (χ3v) is 4.14. The summed E-state index contributed by atoms with van der Waals surface area (Å²) in [6.45, 7) is 16.1. The Kier molecular flexibility index (Phi) is 9.90. The lowest BCUT2D eigenvalue weighted by molar-refractivity contribution is 0.631. The molecule has 5 heteroatoms. The Morgan fingerprint density at radius 2 is 1.14 bits per heavy atom. The molecule has 0 aliphatic heterocycles. The number of hydrogen-bond acceptors (Lipinski definition) is 5. The van der Waals surface area contributed by atoms with Gasteiger partial charge in [-0.05, 0) is 67.5 Å². The van der Waals surface area contributed by atoms with Crippen molar-refractivity contribution < 1.29 is 0 Å². The van der Waals surface area contributed by atoms with Crippen LogP contribution >= 0.6 is 25.3 Å². The van der Waals surface area contributed by atoms with Crippen molar-refractivity contribution in [2.45, 2.75) is 63.9 Å². The summed E-state index contributed by atoms with van der Waals surface area (Å²) in [5, 5.41) is 3.43. The van der Waals surface area contributed by atoms with Gasteiger partial charge in [-0.25, -0.2) is 0 Å².